The van der Waals surface area contributed by atoms with Gasteiger partial charge >= 0.3 is 0 Å². The highest BCUT2D eigenvalue weighted by Crippen LogP contribution is 2.15. The standard InChI is InChI=1S/C15H15F2N3S/c1-18-11(6-10-2-3-13(16)14(17)7-10)8-12-9-20-4-5-21-15(20)19-12/h2-5,7,9,11,18H,6,8H2,1H3. The molecule has 0 radical (unpaired) electrons. The number of rotatable bonds is 5. The topological polar surface area (TPSA) is 29.3 Å². The van der Waals surface area contributed by atoms with Crippen LogP contribution in [0.2, 0.25) is 0 Å². The Labute approximate surface area is 125 Å². The fraction of sp³-hybridized carbons (Fsp3) is 0.267. The second kappa shape index (κ2) is 5.91. The van der Waals surface area contributed by atoms with E-state index in [1.807, 2.05) is 29.2 Å². The summed E-state index contributed by atoms with van der Waals surface area (Å²) in [6.07, 6.45) is 5.34. The van der Waals surface area contributed by atoms with Crippen LogP contribution in [0.3, 0.4) is 0 Å². The molecule has 6 heteroatoms. The van der Waals surface area contributed by atoms with Gasteiger partial charge in [-0.15, -0.1) is 11.3 Å². The first-order valence-electron chi connectivity index (χ1n) is 6.68. The van der Waals surface area contributed by atoms with Crippen LogP contribution in [0.25, 0.3) is 4.96 Å². The number of hydrogen-bond acceptors (Lipinski definition) is 3. The predicted octanol–water partition coefficient (Wildman–Crippen LogP) is 3.05. The molecule has 2 heterocycles. The number of nitrogens with zero attached hydrogens (tertiary/aromatic N) is 2. The number of halogens is 2. The van der Waals surface area contributed by atoms with E-state index in [1.54, 1.807) is 17.4 Å². The van der Waals surface area contributed by atoms with Crippen LogP contribution >= 0.6 is 11.3 Å². The summed E-state index contributed by atoms with van der Waals surface area (Å²) in [5, 5.41) is 5.20. The Kier molecular flexibility index (Phi) is 3.98. The number of benzene rings is 1. The first-order chi connectivity index (χ1) is 10.2. The van der Waals surface area contributed by atoms with Gasteiger partial charge < -0.3 is 5.32 Å². The van der Waals surface area contributed by atoms with Gasteiger partial charge in [-0.1, -0.05) is 6.07 Å². The molecular weight excluding hydrogens is 292 g/mol. The summed E-state index contributed by atoms with van der Waals surface area (Å²) in [5.41, 5.74) is 1.76. The van der Waals surface area contributed by atoms with Gasteiger partial charge in [0.05, 0.1) is 5.69 Å². The Morgan fingerprint density at radius 3 is 2.86 bits per heavy atom. The molecule has 2 aromatic heterocycles. The van der Waals surface area contributed by atoms with Crippen molar-refractivity contribution in [3.8, 4) is 0 Å². The molecule has 1 N–H and O–H groups in total. The zero-order valence-corrected chi connectivity index (χ0v) is 12.3. The number of likely N-dealkylation sites (N-methyl/N-ethyl adjacent to an activating group) is 1. The Balaban J connectivity index is 1.72. The van der Waals surface area contributed by atoms with Gasteiger partial charge in [0.1, 0.15) is 0 Å². The van der Waals surface area contributed by atoms with Gasteiger partial charge in [0.25, 0.3) is 0 Å². The average Bonchev–Trinajstić information content (AvgIpc) is 3.03. The molecule has 0 amide bonds. The van der Waals surface area contributed by atoms with Crippen molar-refractivity contribution in [1.82, 2.24) is 14.7 Å². The minimum absolute atomic E-state index is 0.125. The molecule has 1 unspecified atom stereocenters. The maximum atomic E-state index is 13.2. The molecule has 1 aromatic carbocycles. The highest BCUT2D eigenvalue weighted by Gasteiger charge is 2.13. The Bertz CT molecular complexity index is 722. The zero-order valence-electron chi connectivity index (χ0n) is 11.5. The smallest absolute Gasteiger partial charge is 0.193 e. The lowest BCUT2D eigenvalue weighted by molar-refractivity contribution is 0.502. The molecule has 0 saturated carbocycles. The van der Waals surface area contributed by atoms with Crippen molar-refractivity contribution in [3.63, 3.8) is 0 Å². The van der Waals surface area contributed by atoms with E-state index in [9.17, 15) is 8.78 Å². The van der Waals surface area contributed by atoms with E-state index < -0.39 is 11.6 Å². The third-order valence-electron chi connectivity index (χ3n) is 3.47. The molecule has 0 aliphatic carbocycles. The molecule has 1 atom stereocenters. The molecule has 0 aliphatic rings. The summed E-state index contributed by atoms with van der Waals surface area (Å²) in [5.74, 6) is -1.61. The molecule has 0 fully saturated rings. The van der Waals surface area contributed by atoms with Gasteiger partial charge in [-0.2, -0.15) is 0 Å². The van der Waals surface area contributed by atoms with Crippen molar-refractivity contribution in [1.29, 1.82) is 0 Å². The van der Waals surface area contributed by atoms with E-state index >= 15 is 0 Å². The van der Waals surface area contributed by atoms with Crippen LogP contribution in [0.4, 0.5) is 8.78 Å². The van der Waals surface area contributed by atoms with Crippen LogP contribution < -0.4 is 5.32 Å². The van der Waals surface area contributed by atoms with Crippen LogP contribution in [0.5, 0.6) is 0 Å². The maximum absolute atomic E-state index is 13.2. The molecule has 0 bridgehead atoms. The van der Waals surface area contributed by atoms with E-state index in [4.69, 9.17) is 0 Å². The highest BCUT2D eigenvalue weighted by atomic mass is 32.1. The first-order valence-corrected chi connectivity index (χ1v) is 7.56. The molecule has 0 spiro atoms. The SMILES string of the molecule is CNC(Cc1ccc(F)c(F)c1)Cc1cn2ccsc2n1. The second-order valence-electron chi connectivity index (χ2n) is 4.97. The lowest BCUT2D eigenvalue weighted by atomic mass is 10.0. The molecule has 0 aliphatic heterocycles. The van der Waals surface area contributed by atoms with Crippen molar-refractivity contribution < 1.29 is 8.78 Å². The number of imidazole rings is 1. The van der Waals surface area contributed by atoms with E-state index in [-0.39, 0.29) is 6.04 Å². The number of fused-ring (bicyclic) bond motifs is 1. The number of hydrogen-bond donors (Lipinski definition) is 1. The minimum atomic E-state index is -0.811. The molecule has 3 nitrogen and oxygen atoms in total. The van der Waals surface area contributed by atoms with Gasteiger partial charge in [0.15, 0.2) is 16.6 Å². The lowest BCUT2D eigenvalue weighted by Gasteiger charge is -2.15. The Hall–Kier alpha value is -1.79. The third kappa shape index (κ3) is 3.11. The fourth-order valence-corrected chi connectivity index (χ4v) is 3.07. The summed E-state index contributed by atoms with van der Waals surface area (Å²) >= 11 is 1.59. The van der Waals surface area contributed by atoms with E-state index in [0.29, 0.717) is 6.42 Å². The minimum Gasteiger partial charge on any atom is -0.316 e. The van der Waals surface area contributed by atoms with Crippen molar-refractivity contribution in [2.45, 2.75) is 18.9 Å². The van der Waals surface area contributed by atoms with Gasteiger partial charge in [-0.3, -0.25) is 4.40 Å². The van der Waals surface area contributed by atoms with Gasteiger partial charge in [0, 0.05) is 30.2 Å². The van der Waals surface area contributed by atoms with Crippen molar-refractivity contribution in [2.24, 2.45) is 0 Å². The van der Waals surface area contributed by atoms with E-state index in [2.05, 4.69) is 10.3 Å². The number of nitrogens with one attached hydrogen (secondary N) is 1. The highest BCUT2D eigenvalue weighted by molar-refractivity contribution is 7.15. The quantitative estimate of drug-likeness (QED) is 0.785. The molecule has 3 aromatic rings. The molecular formula is C15H15F2N3S. The fourth-order valence-electron chi connectivity index (χ4n) is 2.35. The van der Waals surface area contributed by atoms with Gasteiger partial charge in [-0.05, 0) is 31.2 Å². The maximum Gasteiger partial charge on any atom is 0.193 e. The second-order valence-corrected chi connectivity index (χ2v) is 5.84. The molecule has 110 valence electrons. The lowest BCUT2D eigenvalue weighted by Crippen LogP contribution is -2.30. The summed E-state index contributed by atoms with van der Waals surface area (Å²) in [4.78, 5) is 5.51. The molecule has 21 heavy (non-hydrogen) atoms. The third-order valence-corrected chi connectivity index (χ3v) is 4.24. The monoisotopic (exact) mass is 307 g/mol. The van der Waals surface area contributed by atoms with Crippen LogP contribution in [0.15, 0.2) is 36.0 Å². The van der Waals surface area contributed by atoms with Crippen LogP contribution in [0.1, 0.15) is 11.3 Å². The predicted molar refractivity (Wildman–Crippen MR) is 79.7 cm³/mol. The molecule has 3 rings (SSSR count). The normalized spacial score (nSPS) is 12.9. The summed E-state index contributed by atoms with van der Waals surface area (Å²) < 4.78 is 28.2. The Morgan fingerprint density at radius 2 is 2.14 bits per heavy atom. The van der Waals surface area contributed by atoms with Crippen LogP contribution in [0, 0.1) is 11.6 Å². The van der Waals surface area contributed by atoms with Gasteiger partial charge in [-0.25, -0.2) is 13.8 Å². The molecule has 0 saturated heterocycles. The summed E-state index contributed by atoms with van der Waals surface area (Å²) in [6, 6.07) is 4.17. The van der Waals surface area contributed by atoms with E-state index in [0.717, 1.165) is 22.6 Å². The first kappa shape index (κ1) is 14.2. The number of aromatic nitrogens is 2. The van der Waals surface area contributed by atoms with E-state index in [1.165, 1.54) is 12.1 Å². The Morgan fingerprint density at radius 1 is 1.29 bits per heavy atom. The van der Waals surface area contributed by atoms with Crippen molar-refractivity contribution in [2.75, 3.05) is 7.05 Å². The zero-order chi connectivity index (χ0) is 14.8. The summed E-state index contributed by atoms with van der Waals surface area (Å²) in [7, 11) is 1.86. The van der Waals surface area contributed by atoms with Crippen molar-refractivity contribution in [3.05, 3.63) is 58.9 Å². The summed E-state index contributed by atoms with van der Waals surface area (Å²) in [6.45, 7) is 0. The van der Waals surface area contributed by atoms with Crippen molar-refractivity contribution >= 4 is 16.3 Å². The average molecular weight is 307 g/mol. The van der Waals surface area contributed by atoms with Gasteiger partial charge in [0.2, 0.25) is 0 Å². The largest absolute Gasteiger partial charge is 0.316 e. The van der Waals surface area contributed by atoms with Crippen LogP contribution in [-0.2, 0) is 12.8 Å². The van der Waals surface area contributed by atoms with Crippen LogP contribution in [-0.4, -0.2) is 22.5 Å². The number of thiazole rings is 1.